The van der Waals surface area contributed by atoms with Crippen molar-refractivity contribution in [3.05, 3.63) is 23.6 Å². The number of allylic oxidation sites excluding steroid dienone is 1. The average molecular weight is 189 g/mol. The highest BCUT2D eigenvalue weighted by molar-refractivity contribution is 7.83. The van der Waals surface area contributed by atoms with Gasteiger partial charge in [0.2, 0.25) is 0 Å². The minimum absolute atomic E-state index is 0.226. The molecule has 0 aromatic heterocycles. The summed E-state index contributed by atoms with van der Waals surface area (Å²) in [6.45, 7) is 5.46. The molecular formula is C8H15NO2S. The van der Waals surface area contributed by atoms with Crippen LogP contribution in [0, 0.1) is 0 Å². The van der Waals surface area contributed by atoms with Crippen LogP contribution >= 0.6 is 0 Å². The topological polar surface area (TPSA) is 49.3 Å². The van der Waals surface area contributed by atoms with Crippen LogP contribution in [-0.4, -0.2) is 21.9 Å². The van der Waals surface area contributed by atoms with Crippen LogP contribution in [0.4, 0.5) is 0 Å². The van der Waals surface area contributed by atoms with Crippen molar-refractivity contribution in [1.82, 2.24) is 5.32 Å². The molecule has 0 fully saturated rings. The fraction of sp³-hybridized carbons (Fsp3) is 0.500. The molecule has 0 amide bonds. The zero-order chi connectivity index (χ0) is 9.56. The Morgan fingerprint density at radius 1 is 1.83 bits per heavy atom. The summed E-state index contributed by atoms with van der Waals surface area (Å²) in [5, 5.41) is 3.04. The molecule has 12 heavy (non-hydrogen) atoms. The van der Waals surface area contributed by atoms with Gasteiger partial charge in [-0.3, -0.25) is 0 Å². The summed E-state index contributed by atoms with van der Waals surface area (Å²) in [7, 11) is 1.84. The van der Waals surface area contributed by atoms with Gasteiger partial charge < -0.3 is 9.87 Å². The largest absolute Gasteiger partial charge is 0.314 e. The van der Waals surface area contributed by atoms with Gasteiger partial charge in [-0.2, -0.15) is 0 Å². The molecule has 2 atom stereocenters. The van der Waals surface area contributed by atoms with E-state index < -0.39 is 11.1 Å². The molecule has 0 aliphatic heterocycles. The first-order chi connectivity index (χ1) is 5.61. The molecule has 0 bridgehead atoms. The highest BCUT2D eigenvalue weighted by Gasteiger charge is 1.98. The summed E-state index contributed by atoms with van der Waals surface area (Å²) in [5.74, 6) is 0. The molecule has 0 spiro atoms. The lowest BCUT2D eigenvalue weighted by Crippen LogP contribution is -2.21. The molecule has 4 heteroatoms. The van der Waals surface area contributed by atoms with Crippen molar-refractivity contribution >= 4 is 11.1 Å². The third-order valence-corrected chi connectivity index (χ3v) is 2.13. The van der Waals surface area contributed by atoms with Crippen LogP contribution in [0.5, 0.6) is 0 Å². The van der Waals surface area contributed by atoms with Crippen molar-refractivity contribution in [1.29, 1.82) is 0 Å². The van der Waals surface area contributed by atoms with E-state index in [1.54, 1.807) is 6.08 Å². The van der Waals surface area contributed by atoms with Gasteiger partial charge in [-0.25, -0.2) is 4.21 Å². The van der Waals surface area contributed by atoms with E-state index in [2.05, 4.69) is 11.9 Å². The van der Waals surface area contributed by atoms with Gasteiger partial charge >= 0.3 is 0 Å². The summed E-state index contributed by atoms with van der Waals surface area (Å²) >= 11 is -1.94. The second kappa shape index (κ2) is 6.11. The van der Waals surface area contributed by atoms with Crippen LogP contribution in [0.2, 0.25) is 0 Å². The SMILES string of the molecule is C=C(/C=C\C(CC)NC)S(=O)O. The first-order valence-corrected chi connectivity index (χ1v) is 4.87. The van der Waals surface area contributed by atoms with Crippen LogP contribution in [0.3, 0.4) is 0 Å². The first-order valence-electron chi connectivity index (χ1n) is 3.77. The van der Waals surface area contributed by atoms with Crippen LogP contribution in [-0.2, 0) is 11.1 Å². The van der Waals surface area contributed by atoms with Gasteiger partial charge in [-0.05, 0) is 19.5 Å². The molecule has 0 radical (unpaired) electrons. The van der Waals surface area contributed by atoms with Gasteiger partial charge in [-0.1, -0.05) is 19.6 Å². The molecule has 0 aliphatic carbocycles. The van der Waals surface area contributed by atoms with Crippen molar-refractivity contribution in [2.24, 2.45) is 0 Å². The third kappa shape index (κ3) is 4.43. The summed E-state index contributed by atoms with van der Waals surface area (Å²) in [6, 6.07) is 0.241. The maximum absolute atomic E-state index is 10.4. The second-order valence-electron chi connectivity index (χ2n) is 2.38. The van der Waals surface area contributed by atoms with E-state index in [9.17, 15) is 4.21 Å². The zero-order valence-corrected chi connectivity index (χ0v) is 8.23. The number of likely N-dealkylation sites (N-methyl/N-ethyl adjacent to an activating group) is 1. The first kappa shape index (κ1) is 11.6. The number of nitrogens with one attached hydrogen (secondary N) is 1. The van der Waals surface area contributed by atoms with Crippen molar-refractivity contribution in [3.63, 3.8) is 0 Å². The van der Waals surface area contributed by atoms with Gasteiger partial charge in [0, 0.05) is 6.04 Å². The van der Waals surface area contributed by atoms with Crippen molar-refractivity contribution in [2.75, 3.05) is 7.05 Å². The highest BCUT2D eigenvalue weighted by Crippen LogP contribution is 2.00. The summed E-state index contributed by atoms with van der Waals surface area (Å²) in [5.41, 5.74) is 0. The molecule has 3 nitrogen and oxygen atoms in total. The summed E-state index contributed by atoms with van der Waals surface area (Å²) < 4.78 is 19.0. The van der Waals surface area contributed by atoms with Crippen LogP contribution < -0.4 is 5.32 Å². The molecule has 0 saturated carbocycles. The average Bonchev–Trinajstić information content (AvgIpc) is 2.05. The normalized spacial score (nSPS) is 16.2. The maximum Gasteiger partial charge on any atom is 0.185 e. The van der Waals surface area contributed by atoms with Gasteiger partial charge in [0.05, 0.1) is 4.91 Å². The maximum atomic E-state index is 10.4. The smallest absolute Gasteiger partial charge is 0.185 e. The molecule has 0 aliphatic rings. The van der Waals surface area contributed by atoms with Crippen LogP contribution in [0.15, 0.2) is 23.6 Å². The molecule has 70 valence electrons. The number of hydrogen-bond acceptors (Lipinski definition) is 2. The summed E-state index contributed by atoms with van der Waals surface area (Å²) in [6.07, 6.45) is 4.34. The standard InChI is InChI=1S/C8H15NO2S/c1-4-8(9-3)6-5-7(2)12(10)11/h5-6,8-9H,2,4H2,1,3H3,(H,10,11)/b6-5-. The van der Waals surface area contributed by atoms with E-state index in [1.807, 2.05) is 20.0 Å². The predicted molar refractivity (Wildman–Crippen MR) is 52.2 cm³/mol. The Labute approximate surface area is 75.8 Å². The lowest BCUT2D eigenvalue weighted by atomic mass is 10.2. The Morgan fingerprint density at radius 3 is 2.75 bits per heavy atom. The lowest BCUT2D eigenvalue weighted by Gasteiger charge is -2.06. The quantitative estimate of drug-likeness (QED) is 0.506. The van der Waals surface area contributed by atoms with E-state index in [0.29, 0.717) is 0 Å². The molecule has 2 unspecified atom stereocenters. The van der Waals surface area contributed by atoms with E-state index in [-0.39, 0.29) is 10.9 Å². The van der Waals surface area contributed by atoms with E-state index >= 15 is 0 Å². The van der Waals surface area contributed by atoms with Crippen molar-refractivity contribution in [3.8, 4) is 0 Å². The van der Waals surface area contributed by atoms with E-state index in [4.69, 9.17) is 4.55 Å². The van der Waals surface area contributed by atoms with Crippen LogP contribution in [0.25, 0.3) is 0 Å². The Morgan fingerprint density at radius 2 is 2.42 bits per heavy atom. The molecule has 2 N–H and O–H groups in total. The Kier molecular flexibility index (Phi) is 5.88. The summed E-state index contributed by atoms with van der Waals surface area (Å²) in [4.78, 5) is 0.226. The fourth-order valence-electron chi connectivity index (χ4n) is 0.718. The van der Waals surface area contributed by atoms with Crippen LogP contribution in [0.1, 0.15) is 13.3 Å². The van der Waals surface area contributed by atoms with E-state index in [1.165, 1.54) is 0 Å². The Balaban J connectivity index is 4.04. The molecule has 0 saturated heterocycles. The second-order valence-corrected chi connectivity index (χ2v) is 3.40. The van der Waals surface area contributed by atoms with Crippen molar-refractivity contribution in [2.45, 2.75) is 19.4 Å². The van der Waals surface area contributed by atoms with E-state index in [0.717, 1.165) is 6.42 Å². The minimum atomic E-state index is -1.94. The van der Waals surface area contributed by atoms with Gasteiger partial charge in [-0.15, -0.1) is 0 Å². The monoisotopic (exact) mass is 189 g/mol. The Bertz CT molecular complexity index is 197. The van der Waals surface area contributed by atoms with Gasteiger partial charge in [0.1, 0.15) is 0 Å². The molecular weight excluding hydrogens is 174 g/mol. The lowest BCUT2D eigenvalue weighted by molar-refractivity contribution is 0.572. The fourth-order valence-corrected chi connectivity index (χ4v) is 0.913. The zero-order valence-electron chi connectivity index (χ0n) is 7.41. The highest BCUT2D eigenvalue weighted by atomic mass is 32.2. The molecule has 0 heterocycles. The molecule has 0 rings (SSSR count). The number of hydrogen-bond donors (Lipinski definition) is 2. The molecule has 0 aromatic carbocycles. The minimum Gasteiger partial charge on any atom is -0.314 e. The van der Waals surface area contributed by atoms with Crippen molar-refractivity contribution < 1.29 is 8.76 Å². The van der Waals surface area contributed by atoms with Gasteiger partial charge in [0.25, 0.3) is 0 Å². The third-order valence-electron chi connectivity index (χ3n) is 1.55. The molecule has 0 aromatic rings. The predicted octanol–water partition coefficient (Wildman–Crippen LogP) is 1.28. The Hall–Kier alpha value is -0.450. The van der Waals surface area contributed by atoms with Gasteiger partial charge in [0.15, 0.2) is 11.1 Å². The number of rotatable bonds is 5.